The van der Waals surface area contributed by atoms with Crippen molar-refractivity contribution in [3.8, 4) is 16.9 Å². The van der Waals surface area contributed by atoms with Crippen molar-refractivity contribution in [1.29, 1.82) is 0 Å². The van der Waals surface area contributed by atoms with Crippen LogP contribution in [0.1, 0.15) is 44.4 Å². The third-order valence-corrected chi connectivity index (χ3v) is 5.10. The fraction of sp³-hybridized carbons (Fsp3) is 0.346. The molecule has 0 unspecified atom stereocenters. The SMILES string of the molecule is CCOc1cc2occ(-c3ccc(C)cc3C)c2cc1/C(C)=C/C(=O)NCC(C)C. The van der Waals surface area contributed by atoms with E-state index < -0.39 is 0 Å². The number of hydrogen-bond acceptors (Lipinski definition) is 3. The highest BCUT2D eigenvalue weighted by Gasteiger charge is 2.16. The molecule has 1 aromatic heterocycles. The third-order valence-electron chi connectivity index (χ3n) is 5.10. The Morgan fingerprint density at radius 1 is 1.17 bits per heavy atom. The molecule has 4 nitrogen and oxygen atoms in total. The fourth-order valence-electron chi connectivity index (χ4n) is 3.59. The molecule has 0 aliphatic rings. The van der Waals surface area contributed by atoms with Crippen molar-refractivity contribution >= 4 is 22.4 Å². The molecule has 1 heterocycles. The monoisotopic (exact) mass is 405 g/mol. The highest BCUT2D eigenvalue weighted by atomic mass is 16.5. The average Bonchev–Trinajstić information content (AvgIpc) is 3.08. The van der Waals surface area contributed by atoms with Crippen LogP contribution in [0.2, 0.25) is 0 Å². The van der Waals surface area contributed by atoms with E-state index in [2.05, 4.69) is 57.3 Å². The van der Waals surface area contributed by atoms with E-state index in [0.29, 0.717) is 19.1 Å². The minimum absolute atomic E-state index is 0.0921. The predicted octanol–water partition coefficient (Wildman–Crippen LogP) is 6.29. The Bertz CT molecular complexity index is 1090. The Kier molecular flexibility index (Phi) is 6.66. The van der Waals surface area contributed by atoms with E-state index in [1.807, 2.05) is 19.9 Å². The summed E-state index contributed by atoms with van der Waals surface area (Å²) in [5.41, 5.74) is 7.15. The van der Waals surface area contributed by atoms with Gasteiger partial charge in [-0.2, -0.15) is 0 Å². The van der Waals surface area contributed by atoms with Crippen molar-refractivity contribution in [1.82, 2.24) is 5.32 Å². The minimum atomic E-state index is -0.0921. The number of allylic oxidation sites excluding steroid dienone is 1. The highest BCUT2D eigenvalue weighted by molar-refractivity contribution is 6.00. The second kappa shape index (κ2) is 9.21. The number of furan rings is 1. The molecule has 0 fully saturated rings. The Hall–Kier alpha value is -3.01. The molecular weight excluding hydrogens is 374 g/mol. The summed E-state index contributed by atoms with van der Waals surface area (Å²) in [4.78, 5) is 12.3. The number of ether oxygens (including phenoxy) is 1. The first-order valence-electron chi connectivity index (χ1n) is 10.5. The Balaban J connectivity index is 2.08. The van der Waals surface area contributed by atoms with Crippen LogP contribution in [-0.2, 0) is 4.79 Å². The van der Waals surface area contributed by atoms with Crippen molar-refractivity contribution in [3.05, 3.63) is 59.4 Å². The summed E-state index contributed by atoms with van der Waals surface area (Å²) in [6, 6.07) is 10.4. The molecule has 0 radical (unpaired) electrons. The van der Waals surface area contributed by atoms with E-state index in [9.17, 15) is 4.79 Å². The Labute approximate surface area is 178 Å². The van der Waals surface area contributed by atoms with Crippen LogP contribution in [0.15, 0.2) is 47.1 Å². The number of hydrogen-bond donors (Lipinski definition) is 1. The van der Waals surface area contributed by atoms with Crippen molar-refractivity contribution in [3.63, 3.8) is 0 Å². The summed E-state index contributed by atoms with van der Waals surface area (Å²) in [7, 11) is 0. The third kappa shape index (κ3) is 4.76. The van der Waals surface area contributed by atoms with E-state index in [4.69, 9.17) is 9.15 Å². The van der Waals surface area contributed by atoms with Gasteiger partial charge in [0.05, 0.1) is 12.9 Å². The smallest absolute Gasteiger partial charge is 0.244 e. The zero-order chi connectivity index (χ0) is 21.8. The summed E-state index contributed by atoms with van der Waals surface area (Å²) < 4.78 is 11.7. The quantitative estimate of drug-likeness (QED) is 0.470. The number of carbonyl (C=O) groups excluding carboxylic acids is 1. The molecular formula is C26H31NO3. The van der Waals surface area contributed by atoms with Crippen LogP contribution in [0.4, 0.5) is 0 Å². The molecule has 0 atom stereocenters. The van der Waals surface area contributed by atoms with Crippen LogP contribution < -0.4 is 10.1 Å². The number of aryl methyl sites for hydroxylation is 2. The Morgan fingerprint density at radius 2 is 1.93 bits per heavy atom. The second-order valence-electron chi connectivity index (χ2n) is 8.21. The molecule has 158 valence electrons. The van der Waals surface area contributed by atoms with Crippen LogP contribution in [0, 0.1) is 19.8 Å². The van der Waals surface area contributed by atoms with Gasteiger partial charge >= 0.3 is 0 Å². The normalized spacial score (nSPS) is 11.9. The lowest BCUT2D eigenvalue weighted by atomic mass is 9.96. The number of nitrogens with one attached hydrogen (secondary N) is 1. The van der Waals surface area contributed by atoms with Gasteiger partial charge in [0.25, 0.3) is 0 Å². The van der Waals surface area contributed by atoms with Crippen LogP contribution in [0.25, 0.3) is 27.7 Å². The second-order valence-corrected chi connectivity index (χ2v) is 8.21. The molecule has 0 aliphatic heterocycles. The Morgan fingerprint density at radius 3 is 2.60 bits per heavy atom. The van der Waals surface area contributed by atoms with Gasteiger partial charge < -0.3 is 14.5 Å². The summed E-state index contributed by atoms with van der Waals surface area (Å²) in [6.45, 7) is 13.4. The van der Waals surface area contributed by atoms with E-state index >= 15 is 0 Å². The van der Waals surface area contributed by atoms with Gasteiger partial charge in [0, 0.05) is 35.2 Å². The summed E-state index contributed by atoms with van der Waals surface area (Å²) in [6.07, 6.45) is 3.44. The maximum absolute atomic E-state index is 12.3. The van der Waals surface area contributed by atoms with Gasteiger partial charge in [-0.25, -0.2) is 0 Å². The number of rotatable bonds is 7. The molecule has 3 rings (SSSR count). The van der Waals surface area contributed by atoms with Gasteiger partial charge in [-0.1, -0.05) is 37.6 Å². The first-order valence-corrected chi connectivity index (χ1v) is 10.5. The molecule has 2 aromatic carbocycles. The van der Waals surface area contributed by atoms with Crippen molar-refractivity contribution < 1.29 is 13.9 Å². The first-order chi connectivity index (χ1) is 14.3. The molecule has 0 aliphatic carbocycles. The molecule has 0 saturated carbocycles. The number of benzene rings is 2. The predicted molar refractivity (Wildman–Crippen MR) is 124 cm³/mol. The molecule has 0 spiro atoms. The topological polar surface area (TPSA) is 51.5 Å². The molecule has 4 heteroatoms. The van der Waals surface area contributed by atoms with Crippen molar-refractivity contribution in [2.45, 2.75) is 41.5 Å². The lowest BCUT2D eigenvalue weighted by Crippen LogP contribution is -2.25. The van der Waals surface area contributed by atoms with Crippen LogP contribution in [-0.4, -0.2) is 19.1 Å². The van der Waals surface area contributed by atoms with Gasteiger partial charge in [0.1, 0.15) is 11.3 Å². The molecule has 1 N–H and O–H groups in total. The van der Waals surface area contributed by atoms with Crippen LogP contribution >= 0.6 is 0 Å². The molecule has 0 saturated heterocycles. The molecule has 0 bridgehead atoms. The zero-order valence-corrected chi connectivity index (χ0v) is 18.8. The minimum Gasteiger partial charge on any atom is -0.493 e. The number of amides is 1. The van der Waals surface area contributed by atoms with E-state index in [1.54, 1.807) is 12.3 Å². The fourth-order valence-corrected chi connectivity index (χ4v) is 3.59. The van der Waals surface area contributed by atoms with Crippen molar-refractivity contribution in [2.75, 3.05) is 13.2 Å². The standard InChI is InChI=1S/C26H31NO3/c1-7-29-24-13-25-22(12-21(24)19(6)11-26(28)27-14-16(2)3)23(15-30-25)20-9-8-17(4)10-18(20)5/h8-13,15-16H,7,14H2,1-6H3,(H,27,28)/b19-11+. The van der Waals surface area contributed by atoms with E-state index in [-0.39, 0.29) is 5.91 Å². The van der Waals surface area contributed by atoms with E-state index in [1.165, 1.54) is 11.1 Å². The van der Waals surface area contributed by atoms with Gasteiger partial charge in [0.15, 0.2) is 0 Å². The summed E-state index contributed by atoms with van der Waals surface area (Å²) in [5.74, 6) is 1.03. The molecule has 30 heavy (non-hydrogen) atoms. The van der Waals surface area contributed by atoms with Gasteiger partial charge in [-0.3, -0.25) is 4.79 Å². The zero-order valence-electron chi connectivity index (χ0n) is 18.8. The molecule has 3 aromatic rings. The molecule has 1 amide bonds. The maximum atomic E-state index is 12.3. The lowest BCUT2D eigenvalue weighted by molar-refractivity contribution is -0.116. The van der Waals surface area contributed by atoms with E-state index in [0.717, 1.165) is 39.0 Å². The highest BCUT2D eigenvalue weighted by Crippen LogP contribution is 2.38. The number of fused-ring (bicyclic) bond motifs is 1. The van der Waals surface area contributed by atoms with Gasteiger partial charge in [-0.05, 0) is 56.4 Å². The van der Waals surface area contributed by atoms with Crippen LogP contribution in [0.3, 0.4) is 0 Å². The van der Waals surface area contributed by atoms with Gasteiger partial charge in [0.2, 0.25) is 5.91 Å². The first kappa shape index (κ1) is 21.7. The maximum Gasteiger partial charge on any atom is 0.244 e. The summed E-state index contributed by atoms with van der Waals surface area (Å²) in [5, 5.41) is 3.95. The van der Waals surface area contributed by atoms with Crippen molar-refractivity contribution in [2.24, 2.45) is 5.92 Å². The van der Waals surface area contributed by atoms with Gasteiger partial charge in [-0.15, -0.1) is 0 Å². The van der Waals surface area contributed by atoms with Crippen LogP contribution in [0.5, 0.6) is 5.75 Å². The largest absolute Gasteiger partial charge is 0.493 e. The summed E-state index contributed by atoms with van der Waals surface area (Å²) >= 11 is 0. The lowest BCUT2D eigenvalue weighted by Gasteiger charge is -2.12. The number of carbonyl (C=O) groups is 1. The average molecular weight is 406 g/mol.